The van der Waals surface area contributed by atoms with E-state index in [-0.39, 0.29) is 6.10 Å². The summed E-state index contributed by atoms with van der Waals surface area (Å²) in [6.07, 6.45) is 5.97. The number of pyridine rings is 1. The van der Waals surface area contributed by atoms with E-state index in [0.29, 0.717) is 18.3 Å². The van der Waals surface area contributed by atoms with Crippen molar-refractivity contribution in [2.24, 2.45) is 0 Å². The second-order valence-corrected chi connectivity index (χ2v) is 7.04. The molecule has 140 valence electrons. The molecule has 0 amide bonds. The molecule has 3 heterocycles. The zero-order valence-electron chi connectivity index (χ0n) is 15.5. The predicted octanol–water partition coefficient (Wildman–Crippen LogP) is 3.62. The summed E-state index contributed by atoms with van der Waals surface area (Å²) in [7, 11) is 0. The number of hydrogen-bond acceptors (Lipinski definition) is 6. The van der Waals surface area contributed by atoms with Crippen molar-refractivity contribution in [1.29, 1.82) is 0 Å². The summed E-state index contributed by atoms with van der Waals surface area (Å²) >= 11 is 0. The van der Waals surface area contributed by atoms with Crippen molar-refractivity contribution < 1.29 is 9.15 Å². The van der Waals surface area contributed by atoms with Crippen molar-refractivity contribution in [2.45, 2.75) is 39.0 Å². The lowest BCUT2D eigenvalue weighted by Gasteiger charge is -2.24. The Labute approximate surface area is 159 Å². The van der Waals surface area contributed by atoms with Gasteiger partial charge in [0, 0.05) is 32.1 Å². The Balaban J connectivity index is 1.49. The Bertz CT molecular complexity index is 859. The van der Waals surface area contributed by atoms with Gasteiger partial charge < -0.3 is 9.15 Å². The van der Waals surface area contributed by atoms with Crippen LogP contribution in [0.3, 0.4) is 0 Å². The highest BCUT2D eigenvalue weighted by Crippen LogP contribution is 2.20. The van der Waals surface area contributed by atoms with Crippen molar-refractivity contribution in [1.82, 2.24) is 20.1 Å². The molecule has 1 aliphatic rings. The second-order valence-electron chi connectivity index (χ2n) is 7.04. The molecule has 1 unspecified atom stereocenters. The Hall–Kier alpha value is -2.57. The molecule has 1 fully saturated rings. The van der Waals surface area contributed by atoms with Gasteiger partial charge in [-0.2, -0.15) is 0 Å². The summed E-state index contributed by atoms with van der Waals surface area (Å²) in [6.45, 7) is 5.26. The Morgan fingerprint density at radius 2 is 2.11 bits per heavy atom. The minimum Gasteiger partial charge on any atom is -0.419 e. The first-order valence-corrected chi connectivity index (χ1v) is 9.38. The van der Waals surface area contributed by atoms with Crippen LogP contribution < -0.4 is 0 Å². The lowest BCUT2D eigenvalue weighted by Crippen LogP contribution is -2.31. The summed E-state index contributed by atoms with van der Waals surface area (Å²) in [5.74, 6) is 1.12. The summed E-state index contributed by atoms with van der Waals surface area (Å²) in [5.41, 5.74) is 3.38. The monoisotopic (exact) mass is 364 g/mol. The summed E-state index contributed by atoms with van der Waals surface area (Å²) in [4.78, 5) is 6.43. The number of rotatable bonds is 7. The van der Waals surface area contributed by atoms with Gasteiger partial charge in [0.15, 0.2) is 0 Å². The number of benzene rings is 1. The van der Waals surface area contributed by atoms with Gasteiger partial charge in [-0.3, -0.25) is 9.88 Å². The maximum atomic E-state index is 5.88. The van der Waals surface area contributed by atoms with Crippen molar-refractivity contribution in [3.63, 3.8) is 0 Å². The SMILES string of the molecule is Cc1cccc(CN(Cc2nnc(-c3cccnc3)o2)CC2CCCO2)c1. The Morgan fingerprint density at radius 3 is 2.89 bits per heavy atom. The summed E-state index contributed by atoms with van der Waals surface area (Å²) in [5, 5.41) is 8.42. The van der Waals surface area contributed by atoms with Gasteiger partial charge in [-0.1, -0.05) is 29.8 Å². The van der Waals surface area contributed by atoms with Gasteiger partial charge in [0.25, 0.3) is 0 Å². The third kappa shape index (κ3) is 4.78. The molecule has 0 bridgehead atoms. The van der Waals surface area contributed by atoms with Crippen LogP contribution in [0.5, 0.6) is 0 Å². The minimum absolute atomic E-state index is 0.274. The molecule has 0 saturated carbocycles. The van der Waals surface area contributed by atoms with E-state index in [1.54, 1.807) is 12.4 Å². The average Bonchev–Trinajstić information content (AvgIpc) is 3.35. The largest absolute Gasteiger partial charge is 0.419 e. The quantitative estimate of drug-likeness (QED) is 0.638. The molecule has 0 N–H and O–H groups in total. The van der Waals surface area contributed by atoms with E-state index in [1.807, 2.05) is 12.1 Å². The first kappa shape index (κ1) is 17.8. The highest BCUT2D eigenvalue weighted by atomic mass is 16.5. The van der Waals surface area contributed by atoms with Crippen LogP contribution in [0.4, 0.5) is 0 Å². The van der Waals surface area contributed by atoms with Crippen LogP contribution in [-0.2, 0) is 17.8 Å². The van der Waals surface area contributed by atoms with Gasteiger partial charge in [-0.15, -0.1) is 10.2 Å². The highest BCUT2D eigenvalue weighted by Gasteiger charge is 2.21. The normalized spacial score (nSPS) is 16.9. The Morgan fingerprint density at radius 1 is 1.15 bits per heavy atom. The van der Waals surface area contributed by atoms with Crippen LogP contribution in [0.1, 0.15) is 29.9 Å². The van der Waals surface area contributed by atoms with Gasteiger partial charge in [-0.05, 0) is 37.5 Å². The zero-order valence-corrected chi connectivity index (χ0v) is 15.5. The van der Waals surface area contributed by atoms with E-state index in [2.05, 4.69) is 51.3 Å². The van der Waals surface area contributed by atoms with Gasteiger partial charge in [0.05, 0.1) is 18.2 Å². The first-order chi connectivity index (χ1) is 13.3. The number of aryl methyl sites for hydroxylation is 1. The predicted molar refractivity (Wildman–Crippen MR) is 102 cm³/mol. The molecular formula is C21H24N4O2. The molecule has 0 spiro atoms. The molecule has 1 atom stereocenters. The lowest BCUT2D eigenvalue weighted by molar-refractivity contribution is 0.0649. The van der Waals surface area contributed by atoms with E-state index < -0.39 is 0 Å². The summed E-state index contributed by atoms with van der Waals surface area (Å²) < 4.78 is 11.7. The van der Waals surface area contributed by atoms with Crippen LogP contribution in [0.25, 0.3) is 11.5 Å². The molecule has 6 heteroatoms. The number of hydrogen-bond donors (Lipinski definition) is 0. The van der Waals surface area contributed by atoms with E-state index in [9.17, 15) is 0 Å². The molecule has 4 rings (SSSR count). The van der Waals surface area contributed by atoms with Crippen LogP contribution in [0.15, 0.2) is 53.2 Å². The molecular weight excluding hydrogens is 340 g/mol. The first-order valence-electron chi connectivity index (χ1n) is 9.38. The van der Waals surface area contributed by atoms with Gasteiger partial charge >= 0.3 is 0 Å². The molecule has 1 saturated heterocycles. The van der Waals surface area contributed by atoms with Gasteiger partial charge in [0.2, 0.25) is 11.8 Å². The maximum absolute atomic E-state index is 5.88. The molecule has 3 aromatic rings. The van der Waals surface area contributed by atoms with Crippen molar-refractivity contribution in [2.75, 3.05) is 13.2 Å². The minimum atomic E-state index is 0.274. The number of aromatic nitrogens is 3. The van der Waals surface area contributed by atoms with Crippen LogP contribution in [-0.4, -0.2) is 39.3 Å². The zero-order chi connectivity index (χ0) is 18.5. The van der Waals surface area contributed by atoms with E-state index in [0.717, 1.165) is 38.1 Å². The third-order valence-corrected chi connectivity index (χ3v) is 4.71. The fourth-order valence-electron chi connectivity index (χ4n) is 3.44. The third-order valence-electron chi connectivity index (χ3n) is 4.71. The lowest BCUT2D eigenvalue weighted by atomic mass is 10.1. The fraction of sp³-hybridized carbons (Fsp3) is 0.381. The topological polar surface area (TPSA) is 64.3 Å². The standard InChI is InChI=1S/C21H24N4O2/c1-16-5-2-6-17(11-16)13-25(14-19-8-4-10-26-19)15-20-23-24-21(27-20)18-7-3-9-22-12-18/h2-3,5-7,9,11-12,19H,4,8,10,13-15H2,1H3. The van der Waals surface area contributed by atoms with E-state index in [1.165, 1.54) is 11.1 Å². The summed E-state index contributed by atoms with van der Waals surface area (Å²) in [6, 6.07) is 12.4. The van der Waals surface area contributed by atoms with E-state index >= 15 is 0 Å². The molecule has 1 aliphatic heterocycles. The van der Waals surface area contributed by atoms with Gasteiger partial charge in [-0.25, -0.2) is 0 Å². The van der Waals surface area contributed by atoms with Crippen LogP contribution in [0.2, 0.25) is 0 Å². The van der Waals surface area contributed by atoms with E-state index in [4.69, 9.17) is 9.15 Å². The smallest absolute Gasteiger partial charge is 0.249 e. The Kier molecular flexibility index (Phi) is 5.55. The van der Waals surface area contributed by atoms with Crippen molar-refractivity contribution in [3.05, 3.63) is 65.8 Å². The van der Waals surface area contributed by atoms with Crippen LogP contribution >= 0.6 is 0 Å². The molecule has 0 radical (unpaired) electrons. The van der Waals surface area contributed by atoms with Crippen molar-refractivity contribution >= 4 is 0 Å². The molecule has 1 aromatic carbocycles. The molecule has 6 nitrogen and oxygen atoms in total. The highest BCUT2D eigenvalue weighted by molar-refractivity contribution is 5.49. The molecule has 2 aromatic heterocycles. The van der Waals surface area contributed by atoms with Crippen LogP contribution in [0, 0.1) is 6.92 Å². The molecule has 27 heavy (non-hydrogen) atoms. The second kappa shape index (κ2) is 8.41. The number of nitrogens with zero attached hydrogens (tertiary/aromatic N) is 4. The van der Waals surface area contributed by atoms with Crippen molar-refractivity contribution in [3.8, 4) is 11.5 Å². The molecule has 0 aliphatic carbocycles. The average molecular weight is 364 g/mol. The fourth-order valence-corrected chi connectivity index (χ4v) is 3.44. The van der Waals surface area contributed by atoms with Gasteiger partial charge in [0.1, 0.15) is 0 Å². The maximum Gasteiger partial charge on any atom is 0.249 e. The number of ether oxygens (including phenoxy) is 1.